The first-order valence-corrected chi connectivity index (χ1v) is 6.89. The molecule has 0 saturated heterocycles. The number of primary amides is 1. The quantitative estimate of drug-likeness (QED) is 0.779. The van der Waals surface area contributed by atoms with Crippen molar-refractivity contribution in [2.24, 2.45) is 5.73 Å². The molecule has 1 atom stereocenters. The number of likely N-dealkylation sites (N-methyl/N-ethyl adjacent to an activating group) is 1. The summed E-state index contributed by atoms with van der Waals surface area (Å²) in [5.41, 5.74) is 6.94. The Kier molecular flexibility index (Phi) is 4.56. The molecule has 0 spiro atoms. The number of nitrogens with zero attached hydrogens (tertiary/aromatic N) is 1. The van der Waals surface area contributed by atoms with Gasteiger partial charge >= 0.3 is 0 Å². The van der Waals surface area contributed by atoms with Crippen LogP contribution in [0.25, 0.3) is 0 Å². The van der Waals surface area contributed by atoms with E-state index in [9.17, 15) is 4.79 Å². The predicted octanol–water partition coefficient (Wildman–Crippen LogP) is 1.36. The summed E-state index contributed by atoms with van der Waals surface area (Å²) in [5.74, 6) is -0.372. The summed E-state index contributed by atoms with van der Waals surface area (Å²) in [6.45, 7) is 3.96. The minimum Gasteiger partial charge on any atom is -0.366 e. The average Bonchev–Trinajstić information content (AvgIpc) is 3.22. The van der Waals surface area contributed by atoms with Crippen molar-refractivity contribution in [2.75, 3.05) is 13.6 Å². The van der Waals surface area contributed by atoms with E-state index in [0.29, 0.717) is 11.6 Å². The second kappa shape index (κ2) is 6.17. The molecule has 104 valence electrons. The monoisotopic (exact) mass is 261 g/mol. The van der Waals surface area contributed by atoms with Crippen molar-refractivity contribution in [3.8, 4) is 0 Å². The molecule has 1 unspecified atom stereocenters. The van der Waals surface area contributed by atoms with Crippen LogP contribution in [0.2, 0.25) is 0 Å². The van der Waals surface area contributed by atoms with Gasteiger partial charge in [-0.05, 0) is 44.5 Å². The van der Waals surface area contributed by atoms with E-state index in [1.165, 1.54) is 12.8 Å². The van der Waals surface area contributed by atoms with Crippen molar-refractivity contribution in [1.82, 2.24) is 10.2 Å². The van der Waals surface area contributed by atoms with Crippen LogP contribution in [0.5, 0.6) is 0 Å². The van der Waals surface area contributed by atoms with Crippen LogP contribution < -0.4 is 11.1 Å². The molecule has 0 bridgehead atoms. The summed E-state index contributed by atoms with van der Waals surface area (Å²) in [7, 11) is 2.19. The van der Waals surface area contributed by atoms with E-state index in [1.54, 1.807) is 6.07 Å². The molecule has 1 saturated carbocycles. The van der Waals surface area contributed by atoms with Gasteiger partial charge in [0.2, 0.25) is 5.91 Å². The zero-order valence-corrected chi connectivity index (χ0v) is 11.7. The van der Waals surface area contributed by atoms with Crippen molar-refractivity contribution in [3.63, 3.8) is 0 Å². The van der Waals surface area contributed by atoms with Crippen molar-refractivity contribution in [1.29, 1.82) is 0 Å². The maximum absolute atomic E-state index is 11.1. The highest BCUT2D eigenvalue weighted by atomic mass is 16.1. The second-order valence-electron chi connectivity index (χ2n) is 5.44. The van der Waals surface area contributed by atoms with Crippen LogP contribution in [0.4, 0.5) is 0 Å². The Labute approximate surface area is 115 Å². The molecule has 0 radical (unpaired) electrons. The lowest BCUT2D eigenvalue weighted by Gasteiger charge is -2.24. The Hall–Kier alpha value is -1.39. The first-order valence-electron chi connectivity index (χ1n) is 6.89. The van der Waals surface area contributed by atoms with E-state index in [1.807, 2.05) is 18.2 Å². The van der Waals surface area contributed by atoms with E-state index in [2.05, 4.69) is 24.2 Å². The summed E-state index contributed by atoms with van der Waals surface area (Å²) >= 11 is 0. The maximum atomic E-state index is 11.1. The molecule has 1 aliphatic carbocycles. The zero-order valence-electron chi connectivity index (χ0n) is 11.7. The number of rotatable bonds is 7. The Morgan fingerprint density at radius 3 is 2.89 bits per heavy atom. The molecule has 4 heteroatoms. The minimum absolute atomic E-state index is 0.372. The molecule has 2 rings (SSSR count). The molecule has 1 fully saturated rings. The fraction of sp³-hybridized carbons (Fsp3) is 0.533. The Bertz CT molecular complexity index is 443. The summed E-state index contributed by atoms with van der Waals surface area (Å²) in [5, 5.41) is 3.44. The highest BCUT2D eigenvalue weighted by Gasteiger charge is 2.28. The van der Waals surface area contributed by atoms with Gasteiger partial charge in [0, 0.05) is 30.7 Å². The topological polar surface area (TPSA) is 58.4 Å². The number of carbonyl (C=O) groups is 1. The van der Waals surface area contributed by atoms with Crippen LogP contribution in [-0.4, -0.2) is 36.5 Å². The van der Waals surface area contributed by atoms with Gasteiger partial charge in [0.05, 0.1) is 0 Å². The summed E-state index contributed by atoms with van der Waals surface area (Å²) in [4.78, 5) is 13.5. The van der Waals surface area contributed by atoms with Gasteiger partial charge in [0.15, 0.2) is 0 Å². The fourth-order valence-electron chi connectivity index (χ4n) is 2.25. The Morgan fingerprint density at radius 1 is 1.53 bits per heavy atom. The number of nitrogens with two attached hydrogens (primary N) is 1. The first-order chi connectivity index (χ1) is 9.08. The second-order valence-corrected chi connectivity index (χ2v) is 5.44. The molecule has 1 aliphatic rings. The van der Waals surface area contributed by atoms with Crippen LogP contribution in [0.1, 0.15) is 35.7 Å². The molecule has 0 aliphatic heterocycles. The number of hydrogen-bond acceptors (Lipinski definition) is 3. The van der Waals surface area contributed by atoms with E-state index in [-0.39, 0.29) is 5.91 Å². The number of hydrogen-bond donors (Lipinski definition) is 2. The third-order valence-corrected chi connectivity index (χ3v) is 3.80. The van der Waals surface area contributed by atoms with Crippen molar-refractivity contribution in [3.05, 3.63) is 35.4 Å². The van der Waals surface area contributed by atoms with E-state index >= 15 is 0 Å². The van der Waals surface area contributed by atoms with Gasteiger partial charge in [-0.15, -0.1) is 0 Å². The minimum atomic E-state index is -0.372. The Morgan fingerprint density at radius 2 is 2.26 bits per heavy atom. The molecule has 3 N–H and O–H groups in total. The van der Waals surface area contributed by atoms with Gasteiger partial charge in [-0.25, -0.2) is 0 Å². The van der Waals surface area contributed by atoms with Gasteiger partial charge in [0.1, 0.15) is 0 Å². The van der Waals surface area contributed by atoms with E-state index in [0.717, 1.165) is 24.7 Å². The van der Waals surface area contributed by atoms with Gasteiger partial charge in [-0.3, -0.25) is 9.69 Å². The van der Waals surface area contributed by atoms with E-state index < -0.39 is 0 Å². The molecule has 0 aromatic heterocycles. The highest BCUT2D eigenvalue weighted by Crippen LogP contribution is 2.26. The number of benzene rings is 1. The smallest absolute Gasteiger partial charge is 0.248 e. The molecule has 0 heterocycles. The van der Waals surface area contributed by atoms with Crippen LogP contribution in [0.3, 0.4) is 0 Å². The number of amides is 1. The normalized spacial score (nSPS) is 16.6. The van der Waals surface area contributed by atoms with Crippen LogP contribution in [0, 0.1) is 0 Å². The highest BCUT2D eigenvalue weighted by molar-refractivity contribution is 5.92. The van der Waals surface area contributed by atoms with Gasteiger partial charge < -0.3 is 11.1 Å². The lowest BCUT2D eigenvalue weighted by Crippen LogP contribution is -2.38. The molecule has 4 nitrogen and oxygen atoms in total. The van der Waals surface area contributed by atoms with E-state index in [4.69, 9.17) is 5.73 Å². The molecule has 1 aromatic carbocycles. The van der Waals surface area contributed by atoms with Gasteiger partial charge in [-0.2, -0.15) is 0 Å². The zero-order chi connectivity index (χ0) is 13.8. The molecular weight excluding hydrogens is 238 g/mol. The molecule has 19 heavy (non-hydrogen) atoms. The SMILES string of the molecule is CC(CNCc1cccc(C(N)=O)c1)N(C)C1CC1. The van der Waals surface area contributed by atoms with Crippen LogP contribution in [0.15, 0.2) is 24.3 Å². The number of nitrogens with one attached hydrogen (secondary N) is 1. The Balaban J connectivity index is 1.78. The molecule has 1 amide bonds. The van der Waals surface area contributed by atoms with Crippen molar-refractivity contribution < 1.29 is 4.79 Å². The third kappa shape index (κ3) is 4.04. The summed E-state index contributed by atoms with van der Waals surface area (Å²) in [6, 6.07) is 8.80. The van der Waals surface area contributed by atoms with Gasteiger partial charge in [0.25, 0.3) is 0 Å². The maximum Gasteiger partial charge on any atom is 0.248 e. The third-order valence-electron chi connectivity index (χ3n) is 3.80. The fourth-order valence-corrected chi connectivity index (χ4v) is 2.25. The average molecular weight is 261 g/mol. The molecular formula is C15H23N3O. The van der Waals surface area contributed by atoms with Gasteiger partial charge in [-0.1, -0.05) is 12.1 Å². The van der Waals surface area contributed by atoms with Crippen LogP contribution >= 0.6 is 0 Å². The summed E-state index contributed by atoms with van der Waals surface area (Å²) < 4.78 is 0. The lowest BCUT2D eigenvalue weighted by atomic mass is 10.1. The first kappa shape index (κ1) is 14.0. The lowest BCUT2D eigenvalue weighted by molar-refractivity contribution is 0.1000. The summed E-state index contributed by atoms with van der Waals surface area (Å²) in [6.07, 6.45) is 2.67. The standard InChI is InChI=1S/C15H23N3O/c1-11(18(2)14-6-7-14)9-17-10-12-4-3-5-13(8-12)15(16)19/h3-5,8,11,14,17H,6-7,9-10H2,1-2H3,(H2,16,19). The number of carbonyl (C=O) groups excluding carboxylic acids is 1. The van der Waals surface area contributed by atoms with Crippen LogP contribution in [-0.2, 0) is 6.54 Å². The largest absolute Gasteiger partial charge is 0.366 e. The van der Waals surface area contributed by atoms with Crippen molar-refractivity contribution in [2.45, 2.75) is 38.4 Å². The molecule has 1 aromatic rings. The van der Waals surface area contributed by atoms with Crippen molar-refractivity contribution >= 4 is 5.91 Å². The predicted molar refractivity (Wildman–Crippen MR) is 76.9 cm³/mol.